The molecule has 0 radical (unpaired) electrons. The molecule has 15 heavy (non-hydrogen) atoms. The molecule has 1 heterocycles. The number of hydrogen-bond acceptors (Lipinski definition) is 3. The third kappa shape index (κ3) is 1.68. The lowest BCUT2D eigenvalue weighted by Crippen LogP contribution is -1.91. The first-order valence-electron chi connectivity index (χ1n) is 4.65. The van der Waals surface area contributed by atoms with Gasteiger partial charge in [0.2, 0.25) is 0 Å². The van der Waals surface area contributed by atoms with Crippen molar-refractivity contribution in [3.8, 4) is 5.75 Å². The van der Waals surface area contributed by atoms with E-state index in [1.807, 2.05) is 25.1 Å². The quantitative estimate of drug-likeness (QED) is 0.700. The van der Waals surface area contributed by atoms with Gasteiger partial charge >= 0.3 is 0 Å². The van der Waals surface area contributed by atoms with Crippen LogP contribution in [0.1, 0.15) is 16.1 Å². The maximum atomic E-state index is 10.7. The highest BCUT2D eigenvalue weighted by Gasteiger charge is 2.03. The Morgan fingerprint density at radius 2 is 2.13 bits per heavy atom. The number of methoxy groups -OCH3 is 1. The lowest BCUT2D eigenvalue weighted by molar-refractivity contribution is 0.111. The molecule has 0 atom stereocenters. The van der Waals surface area contributed by atoms with Crippen LogP contribution in [0.3, 0.4) is 0 Å². The first-order chi connectivity index (χ1) is 7.24. The number of ether oxygens (including phenoxy) is 1. The fraction of sp³-hybridized carbons (Fsp3) is 0.167. The third-order valence-electron chi connectivity index (χ3n) is 2.36. The van der Waals surface area contributed by atoms with Crippen LogP contribution in [0.2, 0.25) is 0 Å². The zero-order valence-corrected chi connectivity index (χ0v) is 8.65. The van der Waals surface area contributed by atoms with Crippen molar-refractivity contribution in [2.45, 2.75) is 6.92 Å². The van der Waals surface area contributed by atoms with Crippen LogP contribution in [0.25, 0.3) is 10.9 Å². The topological polar surface area (TPSA) is 39.2 Å². The van der Waals surface area contributed by atoms with Gasteiger partial charge in [0.25, 0.3) is 0 Å². The van der Waals surface area contributed by atoms with Gasteiger partial charge in [0.1, 0.15) is 11.4 Å². The maximum absolute atomic E-state index is 10.7. The van der Waals surface area contributed by atoms with E-state index in [0.29, 0.717) is 5.69 Å². The molecule has 76 valence electrons. The Balaban J connectivity index is 2.74. The van der Waals surface area contributed by atoms with Gasteiger partial charge in [-0.05, 0) is 30.7 Å². The lowest BCUT2D eigenvalue weighted by atomic mass is 10.1. The van der Waals surface area contributed by atoms with Crippen LogP contribution in [0.5, 0.6) is 5.75 Å². The number of carbonyl (C=O) groups excluding carboxylic acids is 1. The van der Waals surface area contributed by atoms with E-state index in [9.17, 15) is 4.79 Å². The summed E-state index contributed by atoms with van der Waals surface area (Å²) in [5, 5.41) is 1.04. The normalized spacial score (nSPS) is 10.3. The summed E-state index contributed by atoms with van der Waals surface area (Å²) in [5.74, 6) is 0.748. The predicted octanol–water partition coefficient (Wildman–Crippen LogP) is 2.36. The molecule has 0 aliphatic rings. The van der Waals surface area contributed by atoms with Gasteiger partial charge in [-0.15, -0.1) is 0 Å². The van der Waals surface area contributed by atoms with E-state index in [-0.39, 0.29) is 0 Å². The van der Waals surface area contributed by atoms with Crippen molar-refractivity contribution in [2.24, 2.45) is 0 Å². The summed E-state index contributed by atoms with van der Waals surface area (Å²) in [6.45, 7) is 1.96. The van der Waals surface area contributed by atoms with Gasteiger partial charge in [0.15, 0.2) is 6.29 Å². The highest BCUT2D eigenvalue weighted by molar-refractivity contribution is 5.87. The van der Waals surface area contributed by atoms with Gasteiger partial charge in [-0.1, -0.05) is 0 Å². The number of carbonyl (C=O) groups is 1. The molecule has 0 bridgehead atoms. The van der Waals surface area contributed by atoms with E-state index in [1.54, 1.807) is 13.2 Å². The van der Waals surface area contributed by atoms with E-state index >= 15 is 0 Å². The number of aldehydes is 1. The summed E-state index contributed by atoms with van der Waals surface area (Å²) in [6, 6.07) is 7.44. The molecule has 0 N–H and O–H groups in total. The first-order valence-corrected chi connectivity index (χ1v) is 4.65. The number of rotatable bonds is 2. The van der Waals surface area contributed by atoms with Crippen molar-refractivity contribution in [1.29, 1.82) is 0 Å². The van der Waals surface area contributed by atoms with Crippen molar-refractivity contribution in [3.05, 3.63) is 35.5 Å². The van der Waals surface area contributed by atoms with Crippen LogP contribution in [0, 0.1) is 6.92 Å². The number of aryl methyl sites for hydroxylation is 1. The molecule has 0 aliphatic carbocycles. The van der Waals surface area contributed by atoms with Gasteiger partial charge in [0.05, 0.1) is 12.6 Å². The van der Waals surface area contributed by atoms with E-state index in [4.69, 9.17) is 4.74 Å². The zero-order chi connectivity index (χ0) is 10.8. The predicted molar refractivity (Wildman–Crippen MR) is 58.4 cm³/mol. The smallest absolute Gasteiger partial charge is 0.168 e. The standard InChI is InChI=1S/C12H11NO2/c1-8-5-9(7-14)13-12-6-10(15-2)3-4-11(8)12/h3-7H,1-2H3. The van der Waals surface area contributed by atoms with Crippen LogP contribution in [-0.2, 0) is 0 Å². The van der Waals surface area contributed by atoms with Crippen LogP contribution >= 0.6 is 0 Å². The Labute approximate surface area is 87.7 Å². The second kappa shape index (κ2) is 3.69. The van der Waals surface area contributed by atoms with Crippen molar-refractivity contribution in [1.82, 2.24) is 4.98 Å². The average molecular weight is 201 g/mol. The molecule has 1 aromatic heterocycles. The summed E-state index contributed by atoms with van der Waals surface area (Å²) < 4.78 is 5.11. The van der Waals surface area contributed by atoms with Crippen LogP contribution in [0.4, 0.5) is 0 Å². The SMILES string of the molecule is COc1ccc2c(C)cc(C=O)nc2c1. The number of fused-ring (bicyclic) bond motifs is 1. The fourth-order valence-corrected chi connectivity index (χ4v) is 1.60. The molecule has 0 saturated carbocycles. The van der Waals surface area contributed by atoms with Gasteiger partial charge in [-0.25, -0.2) is 4.98 Å². The number of nitrogens with zero attached hydrogens (tertiary/aromatic N) is 1. The summed E-state index contributed by atoms with van der Waals surface area (Å²) in [7, 11) is 1.61. The Morgan fingerprint density at radius 1 is 1.33 bits per heavy atom. The molecular formula is C12H11NO2. The lowest BCUT2D eigenvalue weighted by Gasteiger charge is -2.05. The molecule has 0 saturated heterocycles. The fourth-order valence-electron chi connectivity index (χ4n) is 1.60. The van der Waals surface area contributed by atoms with E-state index in [2.05, 4.69) is 4.98 Å². The monoisotopic (exact) mass is 201 g/mol. The van der Waals surface area contributed by atoms with Crippen molar-refractivity contribution < 1.29 is 9.53 Å². The minimum atomic E-state index is 0.452. The second-order valence-electron chi connectivity index (χ2n) is 3.36. The third-order valence-corrected chi connectivity index (χ3v) is 2.36. The van der Waals surface area contributed by atoms with E-state index < -0.39 is 0 Å². The largest absolute Gasteiger partial charge is 0.497 e. The first kappa shape index (κ1) is 9.65. The maximum Gasteiger partial charge on any atom is 0.168 e. The highest BCUT2D eigenvalue weighted by atomic mass is 16.5. The molecule has 2 rings (SSSR count). The molecule has 2 aromatic rings. The Morgan fingerprint density at radius 3 is 2.80 bits per heavy atom. The minimum Gasteiger partial charge on any atom is -0.497 e. The van der Waals surface area contributed by atoms with Crippen molar-refractivity contribution in [2.75, 3.05) is 7.11 Å². The number of aromatic nitrogens is 1. The number of benzene rings is 1. The molecule has 0 amide bonds. The Kier molecular flexibility index (Phi) is 2.37. The minimum absolute atomic E-state index is 0.452. The second-order valence-corrected chi connectivity index (χ2v) is 3.36. The summed E-state index contributed by atoms with van der Waals surface area (Å²) in [5.41, 5.74) is 2.29. The van der Waals surface area contributed by atoms with E-state index in [0.717, 1.165) is 28.5 Å². The van der Waals surface area contributed by atoms with Gasteiger partial charge in [0, 0.05) is 11.5 Å². The average Bonchev–Trinajstić information content (AvgIpc) is 2.28. The van der Waals surface area contributed by atoms with Crippen LogP contribution in [-0.4, -0.2) is 18.4 Å². The zero-order valence-electron chi connectivity index (χ0n) is 8.65. The van der Waals surface area contributed by atoms with Crippen molar-refractivity contribution >= 4 is 17.2 Å². The molecule has 0 spiro atoms. The molecule has 3 nitrogen and oxygen atoms in total. The molecule has 0 fully saturated rings. The summed E-state index contributed by atoms with van der Waals surface area (Å²) in [6.07, 6.45) is 0.756. The molecule has 1 aromatic carbocycles. The molecular weight excluding hydrogens is 190 g/mol. The number of hydrogen-bond donors (Lipinski definition) is 0. The highest BCUT2D eigenvalue weighted by Crippen LogP contribution is 2.22. The Bertz CT molecular complexity index is 520. The van der Waals surface area contributed by atoms with Gasteiger partial charge in [-0.2, -0.15) is 0 Å². The molecule has 0 aliphatic heterocycles. The molecule has 3 heteroatoms. The summed E-state index contributed by atoms with van der Waals surface area (Å²) >= 11 is 0. The van der Waals surface area contributed by atoms with E-state index in [1.165, 1.54) is 0 Å². The van der Waals surface area contributed by atoms with Crippen LogP contribution in [0.15, 0.2) is 24.3 Å². The molecule has 0 unspecified atom stereocenters. The Hall–Kier alpha value is -1.90. The van der Waals surface area contributed by atoms with Gasteiger partial charge in [-0.3, -0.25) is 4.79 Å². The van der Waals surface area contributed by atoms with Crippen molar-refractivity contribution in [3.63, 3.8) is 0 Å². The number of pyridine rings is 1. The summed E-state index contributed by atoms with van der Waals surface area (Å²) in [4.78, 5) is 14.9. The van der Waals surface area contributed by atoms with Gasteiger partial charge < -0.3 is 4.74 Å². The van der Waals surface area contributed by atoms with Crippen LogP contribution < -0.4 is 4.74 Å².